The summed E-state index contributed by atoms with van der Waals surface area (Å²) >= 11 is 0. The third kappa shape index (κ3) is 3.09. The fraction of sp³-hybridized carbons (Fsp3) is 0.692. The molecule has 16 heavy (non-hydrogen) atoms. The van der Waals surface area contributed by atoms with Crippen LogP contribution in [0.4, 0.5) is 0 Å². The molecule has 0 amide bonds. The van der Waals surface area contributed by atoms with Gasteiger partial charge in [0.15, 0.2) is 0 Å². The average molecular weight is 224 g/mol. The van der Waals surface area contributed by atoms with Crippen molar-refractivity contribution in [1.82, 2.24) is 0 Å². The molecule has 1 aromatic rings. The van der Waals surface area contributed by atoms with Crippen LogP contribution in [0.1, 0.15) is 31.9 Å². The molecule has 3 heteroatoms. The second-order valence-corrected chi connectivity index (χ2v) is 4.59. The van der Waals surface area contributed by atoms with Crippen molar-refractivity contribution in [2.75, 3.05) is 6.61 Å². The van der Waals surface area contributed by atoms with Crippen LogP contribution in [0.5, 0.6) is 0 Å². The topological polar surface area (TPSA) is 42.6 Å². The van der Waals surface area contributed by atoms with Crippen LogP contribution in [-0.4, -0.2) is 23.9 Å². The predicted octanol–water partition coefficient (Wildman–Crippen LogP) is 2.39. The summed E-state index contributed by atoms with van der Waals surface area (Å²) in [6.45, 7) is 2.82. The summed E-state index contributed by atoms with van der Waals surface area (Å²) < 4.78 is 10.7. The highest BCUT2D eigenvalue weighted by Gasteiger charge is 2.31. The summed E-state index contributed by atoms with van der Waals surface area (Å²) in [7, 11) is 0. The molecule has 1 heterocycles. The lowest BCUT2D eigenvalue weighted by molar-refractivity contribution is -0.0378. The highest BCUT2D eigenvalue weighted by molar-refractivity contribution is 4.99. The minimum Gasteiger partial charge on any atom is -0.469 e. The summed E-state index contributed by atoms with van der Waals surface area (Å²) in [5, 5.41) is 9.87. The van der Waals surface area contributed by atoms with Gasteiger partial charge in [-0.15, -0.1) is 0 Å². The van der Waals surface area contributed by atoms with E-state index in [0.29, 0.717) is 18.4 Å². The smallest absolute Gasteiger partial charge is 0.106 e. The maximum atomic E-state index is 9.87. The quantitative estimate of drug-likeness (QED) is 0.806. The number of ether oxygens (including phenoxy) is 1. The highest BCUT2D eigenvalue weighted by Crippen LogP contribution is 2.34. The fourth-order valence-electron chi connectivity index (χ4n) is 2.37. The minimum atomic E-state index is -0.279. The molecule has 0 aromatic carbocycles. The molecule has 0 spiro atoms. The lowest BCUT2D eigenvalue weighted by Gasteiger charge is -2.35. The normalized spacial score (nSPS) is 26.4. The van der Waals surface area contributed by atoms with Crippen LogP contribution < -0.4 is 0 Å². The van der Waals surface area contributed by atoms with Gasteiger partial charge in [-0.3, -0.25) is 0 Å². The van der Waals surface area contributed by atoms with Crippen LogP contribution >= 0.6 is 0 Å². The molecule has 1 atom stereocenters. The van der Waals surface area contributed by atoms with Crippen molar-refractivity contribution < 1.29 is 14.3 Å². The number of furan rings is 1. The van der Waals surface area contributed by atoms with Crippen molar-refractivity contribution in [1.29, 1.82) is 0 Å². The van der Waals surface area contributed by atoms with Crippen LogP contribution in [-0.2, 0) is 11.2 Å². The van der Waals surface area contributed by atoms with E-state index in [1.807, 2.05) is 19.1 Å². The van der Waals surface area contributed by atoms with Crippen LogP contribution in [0.2, 0.25) is 0 Å². The number of hydrogen-bond donors (Lipinski definition) is 1. The Morgan fingerprint density at radius 1 is 1.56 bits per heavy atom. The number of hydrogen-bond acceptors (Lipinski definition) is 3. The van der Waals surface area contributed by atoms with Crippen molar-refractivity contribution in [3.63, 3.8) is 0 Å². The molecule has 0 saturated heterocycles. The van der Waals surface area contributed by atoms with E-state index in [9.17, 15) is 5.11 Å². The summed E-state index contributed by atoms with van der Waals surface area (Å²) in [4.78, 5) is 0. The van der Waals surface area contributed by atoms with Gasteiger partial charge in [0.25, 0.3) is 0 Å². The Balaban J connectivity index is 1.64. The van der Waals surface area contributed by atoms with Crippen LogP contribution in [0.15, 0.2) is 22.8 Å². The summed E-state index contributed by atoms with van der Waals surface area (Å²) in [5.74, 6) is 1.50. The Hall–Kier alpha value is -0.800. The van der Waals surface area contributed by atoms with Crippen LogP contribution in [0.25, 0.3) is 0 Å². The van der Waals surface area contributed by atoms with E-state index in [1.165, 1.54) is 0 Å². The monoisotopic (exact) mass is 224 g/mol. The summed E-state index contributed by atoms with van der Waals surface area (Å²) in [6.07, 6.45) is 5.50. The molecular weight excluding hydrogens is 204 g/mol. The van der Waals surface area contributed by atoms with Crippen molar-refractivity contribution in [3.05, 3.63) is 24.2 Å². The molecule has 3 nitrogen and oxygen atoms in total. The van der Waals surface area contributed by atoms with Gasteiger partial charge in [-0.25, -0.2) is 0 Å². The zero-order chi connectivity index (χ0) is 11.4. The van der Waals surface area contributed by atoms with E-state index in [1.54, 1.807) is 6.26 Å². The number of rotatable bonds is 6. The lowest BCUT2D eigenvalue weighted by atomic mass is 9.78. The van der Waals surface area contributed by atoms with Gasteiger partial charge < -0.3 is 14.3 Å². The first kappa shape index (κ1) is 11.7. The molecule has 2 rings (SSSR count). The fourth-order valence-corrected chi connectivity index (χ4v) is 2.37. The van der Waals surface area contributed by atoms with Gasteiger partial charge in [-0.2, -0.15) is 0 Å². The Morgan fingerprint density at radius 3 is 3.00 bits per heavy atom. The van der Waals surface area contributed by atoms with Gasteiger partial charge in [0.05, 0.1) is 18.5 Å². The van der Waals surface area contributed by atoms with E-state index >= 15 is 0 Å². The van der Waals surface area contributed by atoms with Gasteiger partial charge >= 0.3 is 0 Å². The third-order valence-corrected chi connectivity index (χ3v) is 3.22. The summed E-state index contributed by atoms with van der Waals surface area (Å²) in [5.41, 5.74) is 0. The molecule has 1 N–H and O–H groups in total. The van der Waals surface area contributed by atoms with Crippen molar-refractivity contribution >= 4 is 0 Å². The van der Waals surface area contributed by atoms with Gasteiger partial charge in [-0.05, 0) is 44.2 Å². The van der Waals surface area contributed by atoms with Crippen molar-refractivity contribution in [3.8, 4) is 0 Å². The molecule has 1 unspecified atom stereocenters. The molecule has 1 aromatic heterocycles. The first-order chi connectivity index (χ1) is 7.78. The molecular formula is C13H20O3. The zero-order valence-electron chi connectivity index (χ0n) is 9.76. The predicted molar refractivity (Wildman–Crippen MR) is 61.2 cm³/mol. The molecule has 0 bridgehead atoms. The SMILES string of the molecule is CCOC1CC(CC(O)Cc2ccco2)C1. The Bertz CT molecular complexity index is 288. The Labute approximate surface area is 96.4 Å². The average Bonchev–Trinajstić information content (AvgIpc) is 2.67. The van der Waals surface area contributed by atoms with Gasteiger partial charge in [0.1, 0.15) is 5.76 Å². The maximum absolute atomic E-state index is 9.87. The van der Waals surface area contributed by atoms with Gasteiger partial charge in [0.2, 0.25) is 0 Å². The summed E-state index contributed by atoms with van der Waals surface area (Å²) in [6, 6.07) is 3.77. The lowest BCUT2D eigenvalue weighted by Crippen LogP contribution is -2.34. The van der Waals surface area contributed by atoms with E-state index in [-0.39, 0.29) is 6.10 Å². The van der Waals surface area contributed by atoms with Crippen LogP contribution in [0.3, 0.4) is 0 Å². The first-order valence-electron chi connectivity index (χ1n) is 6.10. The zero-order valence-corrected chi connectivity index (χ0v) is 9.76. The molecule has 1 aliphatic rings. The standard InChI is InChI=1S/C13H20O3/c1-2-15-13-7-10(8-13)6-11(14)9-12-4-3-5-16-12/h3-5,10-11,13-14H,2,6-9H2,1H3. The number of aliphatic hydroxyl groups is 1. The molecule has 0 radical (unpaired) electrons. The first-order valence-corrected chi connectivity index (χ1v) is 6.10. The molecule has 1 fully saturated rings. The molecule has 1 saturated carbocycles. The second kappa shape index (κ2) is 5.51. The van der Waals surface area contributed by atoms with Gasteiger partial charge in [-0.1, -0.05) is 0 Å². The molecule has 90 valence electrons. The number of aliphatic hydroxyl groups excluding tert-OH is 1. The Morgan fingerprint density at radius 2 is 2.38 bits per heavy atom. The Kier molecular flexibility index (Phi) is 4.02. The van der Waals surface area contributed by atoms with Crippen LogP contribution in [0, 0.1) is 5.92 Å². The van der Waals surface area contributed by atoms with E-state index in [2.05, 4.69) is 0 Å². The van der Waals surface area contributed by atoms with Crippen molar-refractivity contribution in [2.24, 2.45) is 5.92 Å². The minimum absolute atomic E-state index is 0.279. The molecule has 1 aliphatic carbocycles. The van der Waals surface area contributed by atoms with E-state index < -0.39 is 0 Å². The third-order valence-electron chi connectivity index (χ3n) is 3.22. The van der Waals surface area contributed by atoms with Gasteiger partial charge in [0, 0.05) is 13.0 Å². The van der Waals surface area contributed by atoms with E-state index in [4.69, 9.17) is 9.15 Å². The highest BCUT2D eigenvalue weighted by atomic mass is 16.5. The maximum Gasteiger partial charge on any atom is 0.106 e. The van der Waals surface area contributed by atoms with E-state index in [0.717, 1.165) is 31.6 Å². The largest absolute Gasteiger partial charge is 0.469 e. The second-order valence-electron chi connectivity index (χ2n) is 4.59. The molecule has 0 aliphatic heterocycles. The van der Waals surface area contributed by atoms with Crippen molar-refractivity contribution in [2.45, 2.75) is 44.8 Å².